The molecule has 392 valence electrons. The smallest absolute Gasteiger partial charge is 0.0621 e. The minimum Gasteiger partial charge on any atom is -0.0621 e. The fourth-order valence-corrected chi connectivity index (χ4v) is 19.9. The third-order valence-corrected chi connectivity index (χ3v) is 23.5. The minimum absolute atomic E-state index is 0.875. The van der Waals surface area contributed by atoms with Crippen molar-refractivity contribution in [1.82, 2.24) is 19.1 Å². The van der Waals surface area contributed by atoms with Crippen LogP contribution in [0.25, 0.3) is 88.9 Å². The van der Waals surface area contributed by atoms with Gasteiger partial charge < -0.3 is 0 Å². The average Bonchev–Trinajstić information content (AvgIpc) is 1.92. The number of aryl methyl sites for hydroxylation is 1. The number of fused-ring (bicyclic) bond motifs is 9. The molecular weight excluding hydrogens is 1020 g/mol. The van der Waals surface area contributed by atoms with Crippen LogP contribution in [0.4, 0.5) is 0 Å². The van der Waals surface area contributed by atoms with Gasteiger partial charge in [-0.15, -0.1) is 0 Å². The van der Waals surface area contributed by atoms with Crippen molar-refractivity contribution in [2.24, 2.45) is 0 Å². The van der Waals surface area contributed by atoms with Gasteiger partial charge in [0.25, 0.3) is 0 Å². The average molecular weight is 1080 g/mol. The number of hydrogen-bond acceptors (Lipinski definition) is 2. The summed E-state index contributed by atoms with van der Waals surface area (Å²) in [5.41, 5.74) is 17.4. The standard InChI is InChI=1S/C78H55N4Si/c1-53-37-45-72-64(49-53)65-50-56(38-46-73(65)81(72)58-27-13-4-14-28-58)78(68-41-43-70(54-23-9-2-10-24-54)79-76(68)77-69(78)42-44-71(80-77)55-25-11-3-12-26-55)57-39-47-74-66(51-57)67-52-63(40-48-75(67)82(74)59-29-15-5-16-30-59)83(60-31-17-6-18-32-60,61-33-19-7-20-34-61)62-35-21-8-22-36-62/h2-52,83H,1H3/q-1. The van der Waals surface area contributed by atoms with E-state index in [1.165, 1.54) is 53.4 Å². The summed E-state index contributed by atoms with van der Waals surface area (Å²) in [6.45, 7) is 2.20. The van der Waals surface area contributed by atoms with Gasteiger partial charge in [0.05, 0.1) is 0 Å². The molecule has 1 aliphatic carbocycles. The minimum atomic E-state index is -3.40. The van der Waals surface area contributed by atoms with Gasteiger partial charge in [0.15, 0.2) is 0 Å². The zero-order chi connectivity index (χ0) is 55.1. The van der Waals surface area contributed by atoms with Gasteiger partial charge in [-0.2, -0.15) is 0 Å². The Hall–Kier alpha value is -10.5. The van der Waals surface area contributed by atoms with Crippen LogP contribution >= 0.6 is 0 Å². The maximum absolute atomic E-state index is 5.73. The summed E-state index contributed by atoms with van der Waals surface area (Å²) in [5.74, 6) is 0. The summed E-state index contributed by atoms with van der Waals surface area (Å²) >= 11 is 0. The number of rotatable bonds is 10. The Bertz CT molecular complexity index is 4760. The SMILES string of the molecule is Cc1ccc2c(c1)c1cc(C3(c4ccc5c(c4)c4cc([SiH-](c6ccccc6)(c6ccccc6)c6ccccc6)ccc4n5-c4ccccc4)c4ccc(-c5ccccc5)nc4-c4nc(-c5ccccc5)ccc43)ccc1n2-c1ccccc1. The van der Waals surface area contributed by atoms with Crippen molar-refractivity contribution in [3.05, 3.63) is 337 Å². The van der Waals surface area contributed by atoms with E-state index in [1.54, 1.807) is 0 Å². The van der Waals surface area contributed by atoms with Crippen LogP contribution < -0.4 is 20.7 Å². The van der Waals surface area contributed by atoms with E-state index in [0.29, 0.717) is 0 Å². The first-order chi connectivity index (χ1) is 41.1. The van der Waals surface area contributed by atoms with Crippen LogP contribution in [0, 0.1) is 6.92 Å². The monoisotopic (exact) mass is 1080 g/mol. The van der Waals surface area contributed by atoms with Gasteiger partial charge in [-0.05, 0) is 25.1 Å². The molecule has 1 aliphatic rings. The summed E-state index contributed by atoms with van der Waals surface area (Å²) in [5, 5.41) is 10.2. The van der Waals surface area contributed by atoms with Gasteiger partial charge in [-0.25, -0.2) is 0 Å². The molecule has 4 nitrogen and oxygen atoms in total. The van der Waals surface area contributed by atoms with Crippen molar-refractivity contribution in [2.45, 2.75) is 12.3 Å². The summed E-state index contributed by atoms with van der Waals surface area (Å²) in [4.78, 5) is 11.5. The summed E-state index contributed by atoms with van der Waals surface area (Å²) in [7, 11) is -3.40. The van der Waals surface area contributed by atoms with E-state index in [2.05, 4.69) is 325 Å². The number of benzene rings is 11. The first-order valence-electron chi connectivity index (χ1n) is 28.8. The van der Waals surface area contributed by atoms with Gasteiger partial charge in [-0.3, -0.25) is 0 Å². The second kappa shape index (κ2) is 19.4. The van der Waals surface area contributed by atoms with Crippen molar-refractivity contribution in [2.75, 3.05) is 0 Å². The van der Waals surface area contributed by atoms with Crippen LogP contribution in [0.2, 0.25) is 0 Å². The van der Waals surface area contributed by atoms with Crippen molar-refractivity contribution in [3.63, 3.8) is 0 Å². The molecule has 0 radical (unpaired) electrons. The van der Waals surface area contributed by atoms with Crippen molar-refractivity contribution in [1.29, 1.82) is 0 Å². The second-order valence-corrected chi connectivity index (χ2v) is 26.8. The van der Waals surface area contributed by atoms with E-state index in [4.69, 9.17) is 9.97 Å². The molecule has 0 atom stereocenters. The maximum atomic E-state index is 5.73. The molecule has 0 N–H and O–H groups in total. The van der Waals surface area contributed by atoms with E-state index in [9.17, 15) is 0 Å². The van der Waals surface area contributed by atoms with Crippen molar-refractivity contribution in [3.8, 4) is 45.3 Å². The molecule has 0 unspecified atom stereocenters. The molecule has 15 aromatic rings. The van der Waals surface area contributed by atoms with Crippen LogP contribution in [0.5, 0.6) is 0 Å². The van der Waals surface area contributed by atoms with Crippen molar-refractivity contribution < 1.29 is 0 Å². The zero-order valence-electron chi connectivity index (χ0n) is 45.8. The fraction of sp³-hybridized carbons (Fsp3) is 0.0256. The molecule has 0 fully saturated rings. The Morgan fingerprint density at radius 1 is 0.301 bits per heavy atom. The van der Waals surface area contributed by atoms with Gasteiger partial charge >= 0.3 is 365 Å². The van der Waals surface area contributed by atoms with E-state index in [-0.39, 0.29) is 0 Å². The quantitative estimate of drug-likeness (QED) is 0.101. The molecule has 4 aromatic heterocycles. The third kappa shape index (κ3) is 7.45. The predicted molar refractivity (Wildman–Crippen MR) is 349 cm³/mol. The predicted octanol–water partition coefficient (Wildman–Crippen LogP) is 15.8. The Balaban J connectivity index is 1.04. The Labute approximate surface area is 483 Å². The second-order valence-electron chi connectivity index (χ2n) is 22.4. The van der Waals surface area contributed by atoms with Gasteiger partial charge in [0.2, 0.25) is 0 Å². The molecule has 0 amide bonds. The Kier molecular flexibility index (Phi) is 11.3. The summed E-state index contributed by atoms with van der Waals surface area (Å²) < 4.78 is 4.89. The number of pyridine rings is 2. The molecule has 5 heteroatoms. The molecule has 0 bridgehead atoms. The van der Waals surface area contributed by atoms with Crippen LogP contribution in [0.15, 0.2) is 309 Å². The van der Waals surface area contributed by atoms with E-state index in [0.717, 1.165) is 84.1 Å². The van der Waals surface area contributed by atoms with E-state index < -0.39 is 13.5 Å². The Morgan fingerprint density at radius 3 is 1.07 bits per heavy atom. The van der Waals surface area contributed by atoms with E-state index in [1.807, 2.05) is 0 Å². The van der Waals surface area contributed by atoms with E-state index >= 15 is 0 Å². The summed E-state index contributed by atoms with van der Waals surface area (Å²) in [6.07, 6.45) is 0. The zero-order valence-corrected chi connectivity index (χ0v) is 47.0. The van der Waals surface area contributed by atoms with Crippen LogP contribution in [0.3, 0.4) is 0 Å². The van der Waals surface area contributed by atoms with Crippen LogP contribution in [0.1, 0.15) is 27.8 Å². The number of nitrogens with zero attached hydrogens (tertiary/aromatic N) is 4. The number of hydrogen-bond donors (Lipinski definition) is 0. The molecule has 0 saturated heterocycles. The molecule has 0 aliphatic heterocycles. The Morgan fingerprint density at radius 2 is 0.651 bits per heavy atom. The molecule has 4 heterocycles. The summed E-state index contributed by atoms with van der Waals surface area (Å²) in [6, 6.07) is 115. The third-order valence-electron chi connectivity index (χ3n) is 18.0. The van der Waals surface area contributed by atoms with Gasteiger partial charge in [0.1, 0.15) is 0 Å². The fourth-order valence-electron chi connectivity index (χ4n) is 14.4. The normalized spacial score (nSPS) is 12.9. The molecule has 11 aromatic carbocycles. The van der Waals surface area contributed by atoms with Crippen LogP contribution in [-0.2, 0) is 5.41 Å². The van der Waals surface area contributed by atoms with Gasteiger partial charge in [0, 0.05) is 5.69 Å². The number of aromatic nitrogens is 4. The molecule has 83 heavy (non-hydrogen) atoms. The molecule has 0 spiro atoms. The molecule has 0 saturated carbocycles. The first kappa shape index (κ1) is 48.4. The number of para-hydroxylation sites is 2. The molecule has 16 rings (SSSR count). The molecular formula is C78H55N4Si-. The van der Waals surface area contributed by atoms with Gasteiger partial charge in [-0.1, -0.05) is 90.5 Å². The van der Waals surface area contributed by atoms with Crippen molar-refractivity contribution >= 4 is 72.4 Å². The van der Waals surface area contributed by atoms with Crippen LogP contribution in [-0.4, -0.2) is 27.2 Å². The first-order valence-corrected chi connectivity index (χ1v) is 31.1. The topological polar surface area (TPSA) is 35.6 Å².